The van der Waals surface area contributed by atoms with Gasteiger partial charge in [-0.2, -0.15) is 0 Å². The lowest BCUT2D eigenvalue weighted by molar-refractivity contribution is 0.589. The fraction of sp³-hybridized carbons (Fsp3) is 0.500. The number of rotatable bonds is 4. The van der Waals surface area contributed by atoms with Gasteiger partial charge in [-0.1, -0.05) is 23.8 Å². The zero-order valence-electron chi connectivity index (χ0n) is 10.0. The van der Waals surface area contributed by atoms with E-state index in [0.29, 0.717) is 0 Å². The monoisotopic (exact) mass is 241 g/mol. The van der Waals surface area contributed by atoms with E-state index in [1.807, 2.05) is 32.0 Å². The molecule has 1 unspecified atom stereocenters. The van der Waals surface area contributed by atoms with Gasteiger partial charge in [-0.15, -0.1) is 0 Å². The maximum absolute atomic E-state index is 11.8. The molecule has 16 heavy (non-hydrogen) atoms. The van der Waals surface area contributed by atoms with E-state index < -0.39 is 9.84 Å². The van der Waals surface area contributed by atoms with Gasteiger partial charge in [-0.3, -0.25) is 0 Å². The highest BCUT2D eigenvalue weighted by atomic mass is 32.2. The van der Waals surface area contributed by atoms with Crippen molar-refractivity contribution < 1.29 is 8.42 Å². The predicted molar refractivity (Wildman–Crippen MR) is 67.1 cm³/mol. The molecule has 0 bridgehead atoms. The zero-order chi connectivity index (χ0) is 12.3. The van der Waals surface area contributed by atoms with Gasteiger partial charge in [0.15, 0.2) is 9.84 Å². The van der Waals surface area contributed by atoms with Crippen LogP contribution in [0.4, 0.5) is 0 Å². The molecule has 90 valence electrons. The molecule has 1 aromatic rings. The molecule has 1 atom stereocenters. The summed E-state index contributed by atoms with van der Waals surface area (Å²) in [6.45, 7) is 5.60. The van der Waals surface area contributed by atoms with Gasteiger partial charge in [0.2, 0.25) is 0 Å². The molecule has 0 spiro atoms. The van der Waals surface area contributed by atoms with Crippen molar-refractivity contribution in [2.75, 3.05) is 5.75 Å². The van der Waals surface area contributed by atoms with Gasteiger partial charge in [-0.05, 0) is 31.9 Å². The molecule has 0 saturated carbocycles. The summed E-state index contributed by atoms with van der Waals surface area (Å²) < 4.78 is 23.6. The highest BCUT2D eigenvalue weighted by Crippen LogP contribution is 2.14. The van der Waals surface area contributed by atoms with Crippen LogP contribution >= 0.6 is 0 Å². The van der Waals surface area contributed by atoms with E-state index in [1.165, 1.54) is 0 Å². The van der Waals surface area contributed by atoms with Crippen LogP contribution in [0.3, 0.4) is 0 Å². The summed E-state index contributed by atoms with van der Waals surface area (Å²) in [6, 6.07) is 5.55. The number of hydrogen-bond acceptors (Lipinski definition) is 3. The minimum atomic E-state index is -3.10. The van der Waals surface area contributed by atoms with Crippen LogP contribution in [0.15, 0.2) is 18.2 Å². The van der Waals surface area contributed by atoms with E-state index in [-0.39, 0.29) is 17.5 Å². The fourth-order valence-electron chi connectivity index (χ4n) is 1.65. The first-order chi connectivity index (χ1) is 7.30. The summed E-state index contributed by atoms with van der Waals surface area (Å²) in [6.07, 6.45) is 0. The third-order valence-electron chi connectivity index (χ3n) is 2.40. The molecular formula is C12H19NO2S. The largest absolute Gasteiger partial charge is 0.327 e. The average Bonchev–Trinajstić information content (AvgIpc) is 2.08. The Labute approximate surface area is 97.6 Å². The van der Waals surface area contributed by atoms with Crippen molar-refractivity contribution >= 4 is 9.84 Å². The van der Waals surface area contributed by atoms with Crippen LogP contribution < -0.4 is 5.73 Å². The molecule has 0 saturated heterocycles. The quantitative estimate of drug-likeness (QED) is 0.870. The van der Waals surface area contributed by atoms with E-state index in [0.717, 1.165) is 16.7 Å². The highest BCUT2D eigenvalue weighted by Gasteiger charge is 2.15. The van der Waals surface area contributed by atoms with Crippen molar-refractivity contribution in [1.29, 1.82) is 0 Å². The second-order valence-corrected chi connectivity index (χ2v) is 6.57. The van der Waals surface area contributed by atoms with Crippen LogP contribution in [-0.2, 0) is 15.6 Å². The maximum Gasteiger partial charge on any atom is 0.155 e. The Morgan fingerprint density at radius 1 is 1.31 bits per heavy atom. The van der Waals surface area contributed by atoms with E-state index >= 15 is 0 Å². The first kappa shape index (κ1) is 13.2. The number of benzene rings is 1. The van der Waals surface area contributed by atoms with E-state index in [1.54, 1.807) is 6.92 Å². The van der Waals surface area contributed by atoms with E-state index in [4.69, 9.17) is 5.73 Å². The fourth-order valence-corrected chi connectivity index (χ4v) is 3.36. The summed E-state index contributed by atoms with van der Waals surface area (Å²) in [5.74, 6) is 0.127. The average molecular weight is 241 g/mol. The Morgan fingerprint density at radius 3 is 2.50 bits per heavy atom. The second kappa shape index (κ2) is 4.97. The third-order valence-corrected chi connectivity index (χ3v) is 4.18. The van der Waals surface area contributed by atoms with Crippen LogP contribution in [0.25, 0.3) is 0 Å². The van der Waals surface area contributed by atoms with Crippen LogP contribution in [0.1, 0.15) is 23.6 Å². The molecule has 0 aliphatic rings. The van der Waals surface area contributed by atoms with E-state index in [9.17, 15) is 8.42 Å². The molecule has 0 aromatic heterocycles. The lowest BCUT2D eigenvalue weighted by Gasteiger charge is -2.10. The SMILES string of the molecule is Cc1ccc(C)c(CS(=O)(=O)CC(C)N)c1. The number of aryl methyl sites for hydroxylation is 2. The van der Waals surface area contributed by atoms with Gasteiger partial charge in [0, 0.05) is 6.04 Å². The van der Waals surface area contributed by atoms with Gasteiger partial charge >= 0.3 is 0 Å². The van der Waals surface area contributed by atoms with Crippen LogP contribution in [0.2, 0.25) is 0 Å². The van der Waals surface area contributed by atoms with Crippen molar-refractivity contribution in [2.45, 2.75) is 32.6 Å². The zero-order valence-corrected chi connectivity index (χ0v) is 10.8. The Bertz CT molecular complexity index is 464. The summed E-state index contributed by atoms with van der Waals surface area (Å²) >= 11 is 0. The first-order valence-electron chi connectivity index (χ1n) is 5.32. The molecule has 0 fully saturated rings. The van der Waals surface area contributed by atoms with Crippen LogP contribution in [0.5, 0.6) is 0 Å². The van der Waals surface area contributed by atoms with Crippen molar-refractivity contribution in [3.63, 3.8) is 0 Å². The van der Waals surface area contributed by atoms with Crippen molar-refractivity contribution in [1.82, 2.24) is 0 Å². The molecular weight excluding hydrogens is 222 g/mol. The van der Waals surface area contributed by atoms with Gasteiger partial charge in [0.1, 0.15) is 0 Å². The van der Waals surface area contributed by atoms with Crippen molar-refractivity contribution in [2.24, 2.45) is 5.73 Å². The van der Waals surface area contributed by atoms with Crippen LogP contribution in [-0.4, -0.2) is 20.2 Å². The molecule has 3 nitrogen and oxygen atoms in total. The second-order valence-electron chi connectivity index (χ2n) is 4.46. The minimum Gasteiger partial charge on any atom is -0.327 e. The maximum atomic E-state index is 11.8. The Balaban J connectivity index is 2.92. The van der Waals surface area contributed by atoms with Crippen molar-refractivity contribution in [3.05, 3.63) is 34.9 Å². The molecule has 0 aliphatic carbocycles. The molecule has 1 aromatic carbocycles. The minimum absolute atomic E-state index is 0.0420. The molecule has 4 heteroatoms. The normalized spacial score (nSPS) is 13.8. The molecule has 0 radical (unpaired) electrons. The summed E-state index contributed by atoms with van der Waals surface area (Å²) in [4.78, 5) is 0. The number of nitrogens with two attached hydrogens (primary N) is 1. The van der Waals surface area contributed by atoms with Gasteiger partial charge < -0.3 is 5.73 Å². The highest BCUT2D eigenvalue weighted by molar-refractivity contribution is 7.90. The third kappa shape index (κ3) is 3.94. The summed E-state index contributed by atoms with van der Waals surface area (Å²) in [5.41, 5.74) is 8.49. The lowest BCUT2D eigenvalue weighted by Crippen LogP contribution is -2.27. The molecule has 0 amide bonds. The Hall–Kier alpha value is -0.870. The Kier molecular flexibility index (Phi) is 4.10. The van der Waals surface area contributed by atoms with Gasteiger partial charge in [0.25, 0.3) is 0 Å². The number of hydrogen-bond donors (Lipinski definition) is 1. The number of sulfone groups is 1. The summed E-state index contributed by atoms with van der Waals surface area (Å²) in [7, 11) is -3.10. The van der Waals surface area contributed by atoms with Gasteiger partial charge in [-0.25, -0.2) is 8.42 Å². The summed E-state index contributed by atoms with van der Waals surface area (Å²) in [5, 5.41) is 0. The van der Waals surface area contributed by atoms with Gasteiger partial charge in [0.05, 0.1) is 11.5 Å². The van der Waals surface area contributed by atoms with E-state index in [2.05, 4.69) is 0 Å². The van der Waals surface area contributed by atoms with Crippen molar-refractivity contribution in [3.8, 4) is 0 Å². The Morgan fingerprint density at radius 2 is 1.94 bits per heavy atom. The lowest BCUT2D eigenvalue weighted by atomic mass is 10.1. The smallest absolute Gasteiger partial charge is 0.155 e. The topological polar surface area (TPSA) is 60.2 Å². The standard InChI is InChI=1S/C12H19NO2S/c1-9-4-5-10(2)12(6-9)8-16(14,15)7-11(3)13/h4-6,11H,7-8,13H2,1-3H3. The molecule has 2 N–H and O–H groups in total. The van der Waals surface area contributed by atoms with Crippen LogP contribution in [0, 0.1) is 13.8 Å². The molecule has 1 rings (SSSR count). The molecule has 0 aliphatic heterocycles. The predicted octanol–water partition coefficient (Wildman–Crippen LogP) is 1.57. The molecule has 0 heterocycles. The first-order valence-corrected chi connectivity index (χ1v) is 7.14.